The van der Waals surface area contributed by atoms with Crippen LogP contribution < -0.4 is 15.4 Å². The number of rotatable bonds is 4. The number of carbonyl (C=O) groups excluding carboxylic acids is 1. The molecule has 3 atom stereocenters. The van der Waals surface area contributed by atoms with Gasteiger partial charge >= 0.3 is 12.2 Å². The van der Waals surface area contributed by atoms with Crippen LogP contribution in [0.25, 0.3) is 32.1 Å². The van der Waals surface area contributed by atoms with Crippen molar-refractivity contribution in [2.24, 2.45) is 0 Å². The van der Waals surface area contributed by atoms with E-state index in [1.54, 1.807) is 22.9 Å². The molecule has 7 rings (SSSR count). The first-order chi connectivity index (χ1) is 23.2. The number of carbonyl (C=O) groups is 1. The van der Waals surface area contributed by atoms with E-state index in [9.17, 15) is 32.0 Å². The van der Waals surface area contributed by atoms with Gasteiger partial charge in [0.05, 0.1) is 22.9 Å². The summed E-state index contributed by atoms with van der Waals surface area (Å²) in [6, 6.07) is 4.44. The van der Waals surface area contributed by atoms with Gasteiger partial charge in [-0.15, -0.1) is 11.3 Å². The summed E-state index contributed by atoms with van der Waals surface area (Å²) in [5, 5.41) is 9.07. The predicted molar refractivity (Wildman–Crippen MR) is 174 cm³/mol. The van der Waals surface area contributed by atoms with Crippen molar-refractivity contribution in [3.05, 3.63) is 41.0 Å². The summed E-state index contributed by atoms with van der Waals surface area (Å²) in [5.41, 5.74) is 2.53. The number of alkyl halides is 4. The number of anilines is 2. The zero-order chi connectivity index (χ0) is 35.4. The highest BCUT2D eigenvalue weighted by Crippen LogP contribution is 2.48. The molecule has 0 radical (unpaired) electrons. The molecule has 5 heterocycles. The zero-order valence-electron chi connectivity index (χ0n) is 26.9. The van der Waals surface area contributed by atoms with Crippen molar-refractivity contribution < 1.29 is 35.9 Å². The fraction of sp³-hybridized carbons (Fsp3) is 0.455. The molecule has 0 saturated carbocycles. The Balaban J connectivity index is 0.000000396. The fourth-order valence-electron chi connectivity index (χ4n) is 7.09. The van der Waals surface area contributed by atoms with E-state index < -0.39 is 40.6 Å². The molecule has 0 aliphatic carbocycles. The number of fused-ring (bicyclic) bond motifs is 3. The van der Waals surface area contributed by atoms with E-state index in [-0.39, 0.29) is 55.4 Å². The monoisotopic (exact) mass is 705 g/mol. The molecule has 9 nitrogen and oxygen atoms in total. The second kappa shape index (κ2) is 13.2. The Bertz CT molecular complexity index is 1970. The molecule has 0 spiro atoms. The third kappa shape index (κ3) is 6.29. The molecule has 3 aliphatic heterocycles. The van der Waals surface area contributed by atoms with Gasteiger partial charge in [-0.3, -0.25) is 9.69 Å². The van der Waals surface area contributed by atoms with Gasteiger partial charge in [-0.05, 0) is 49.9 Å². The molecule has 1 amide bonds. The fourth-order valence-corrected chi connectivity index (χ4v) is 8.04. The Hall–Kier alpha value is -4.36. The van der Waals surface area contributed by atoms with Gasteiger partial charge in [-0.1, -0.05) is 6.07 Å². The van der Waals surface area contributed by atoms with Crippen molar-refractivity contribution in [2.75, 3.05) is 51.0 Å². The second-order valence-corrected chi connectivity index (χ2v) is 13.5. The molecular weight excluding hydrogens is 672 g/mol. The molecule has 3 fully saturated rings. The highest BCUT2D eigenvalue weighted by molar-refractivity contribution is 7.23. The number of methoxy groups -OCH3 is 1. The average molecular weight is 706 g/mol. The van der Waals surface area contributed by atoms with E-state index in [2.05, 4.69) is 14.9 Å². The van der Waals surface area contributed by atoms with Crippen molar-refractivity contribution in [1.29, 1.82) is 5.26 Å². The first kappa shape index (κ1) is 34.5. The quantitative estimate of drug-likeness (QED) is 0.239. The summed E-state index contributed by atoms with van der Waals surface area (Å²) in [6.07, 6.45) is -1.73. The van der Waals surface area contributed by atoms with Crippen molar-refractivity contribution in [1.82, 2.24) is 19.8 Å². The SMILES string of the molecule is COc1nc(N(C)C2CCN(C(C)=O)C2)c2cc(C(F)(F)F)c(-c3ccc(F)c4sc(N)c(C#N)c34)c(F)c2n1.FC1CC2CCCN2C1. The number of amides is 1. The third-order valence-corrected chi connectivity index (χ3v) is 10.6. The zero-order valence-corrected chi connectivity index (χ0v) is 27.7. The molecule has 260 valence electrons. The number of halogens is 6. The summed E-state index contributed by atoms with van der Waals surface area (Å²) >= 11 is 0.687. The van der Waals surface area contributed by atoms with Gasteiger partial charge in [0.2, 0.25) is 5.91 Å². The molecule has 0 bridgehead atoms. The number of hydrogen-bond acceptors (Lipinski definition) is 9. The normalized spacial score (nSPS) is 20.7. The summed E-state index contributed by atoms with van der Waals surface area (Å²) < 4.78 is 92.3. The smallest absolute Gasteiger partial charge is 0.417 e. The summed E-state index contributed by atoms with van der Waals surface area (Å²) in [4.78, 5) is 25.6. The molecule has 3 aliphatic rings. The van der Waals surface area contributed by atoms with Crippen LogP contribution in [0.4, 0.5) is 37.2 Å². The van der Waals surface area contributed by atoms with E-state index in [1.165, 1.54) is 26.9 Å². The lowest BCUT2D eigenvalue weighted by molar-refractivity contribution is -0.137. The van der Waals surface area contributed by atoms with Gasteiger partial charge < -0.3 is 20.3 Å². The van der Waals surface area contributed by atoms with Crippen LogP contribution in [-0.2, 0) is 11.0 Å². The molecule has 3 unspecified atom stereocenters. The number of nitrogens with zero attached hydrogens (tertiary/aromatic N) is 6. The lowest BCUT2D eigenvalue weighted by Gasteiger charge is -2.27. The van der Waals surface area contributed by atoms with E-state index in [1.807, 2.05) is 0 Å². The van der Waals surface area contributed by atoms with Crippen molar-refractivity contribution >= 4 is 49.1 Å². The highest BCUT2D eigenvalue weighted by Gasteiger charge is 2.39. The second-order valence-electron chi connectivity index (χ2n) is 12.4. The average Bonchev–Trinajstić information content (AvgIpc) is 3.84. The molecule has 2 aromatic carbocycles. The molecule has 16 heteroatoms. The lowest BCUT2D eigenvalue weighted by Crippen LogP contribution is -2.36. The van der Waals surface area contributed by atoms with Gasteiger partial charge in [0.1, 0.15) is 34.4 Å². The topological polar surface area (TPSA) is 112 Å². The molecule has 3 saturated heterocycles. The van der Waals surface area contributed by atoms with Crippen LogP contribution in [0.15, 0.2) is 18.2 Å². The summed E-state index contributed by atoms with van der Waals surface area (Å²) in [7, 11) is 2.82. The van der Waals surface area contributed by atoms with Crippen LogP contribution in [0.3, 0.4) is 0 Å². The summed E-state index contributed by atoms with van der Waals surface area (Å²) in [6.45, 7) is 4.03. The minimum Gasteiger partial charge on any atom is -0.467 e. The van der Waals surface area contributed by atoms with Crippen molar-refractivity contribution in [3.8, 4) is 23.2 Å². The molecule has 2 N–H and O–H groups in total. The first-order valence-electron chi connectivity index (χ1n) is 15.7. The standard InChI is InChI=1S/C26H21F5N6O2S.C7H12FN/c1-11(38)37-7-6-12(10-37)36(2)24-14-8-16(26(29,30)31)19(20(28)21(14)34-25(35-24)39-3)13-4-5-17(27)22-18(13)15(9-32)23(33)40-22;8-6-4-7-2-1-3-9(7)5-6/h4-5,8,12H,6-7,10,33H2,1-3H3;6-7H,1-5H2. The van der Waals surface area contributed by atoms with Crippen molar-refractivity contribution in [3.63, 3.8) is 0 Å². The Morgan fingerprint density at radius 2 is 1.94 bits per heavy atom. The number of thiophene rings is 1. The summed E-state index contributed by atoms with van der Waals surface area (Å²) in [5.74, 6) is -2.32. The predicted octanol–water partition coefficient (Wildman–Crippen LogP) is 6.52. The largest absolute Gasteiger partial charge is 0.467 e. The van der Waals surface area contributed by atoms with E-state index >= 15 is 4.39 Å². The number of ether oxygens (including phenoxy) is 1. The van der Waals surface area contributed by atoms with E-state index in [0.29, 0.717) is 43.4 Å². The van der Waals surface area contributed by atoms with Crippen molar-refractivity contribution in [2.45, 2.75) is 57.0 Å². The minimum atomic E-state index is -5.06. The third-order valence-electron chi connectivity index (χ3n) is 9.53. The van der Waals surface area contributed by atoms with Crippen LogP contribution >= 0.6 is 11.3 Å². The number of nitrogens with two attached hydrogens (primary N) is 1. The first-order valence-corrected chi connectivity index (χ1v) is 16.5. The number of nitrogen functional groups attached to an aromatic ring is 1. The van der Waals surface area contributed by atoms with E-state index in [0.717, 1.165) is 31.2 Å². The van der Waals surface area contributed by atoms with Crippen LogP contribution in [0.5, 0.6) is 6.01 Å². The maximum atomic E-state index is 16.4. The van der Waals surface area contributed by atoms with Gasteiger partial charge in [-0.2, -0.15) is 28.4 Å². The number of hydrogen-bond donors (Lipinski definition) is 1. The Morgan fingerprint density at radius 3 is 2.57 bits per heavy atom. The Labute approximate surface area is 281 Å². The van der Waals surface area contributed by atoms with Crippen LogP contribution in [-0.4, -0.2) is 84.3 Å². The number of nitriles is 1. The Kier molecular flexibility index (Phi) is 9.27. The Morgan fingerprint density at radius 1 is 1.18 bits per heavy atom. The van der Waals surface area contributed by atoms with Crippen LogP contribution in [0.1, 0.15) is 43.7 Å². The lowest BCUT2D eigenvalue weighted by atomic mass is 9.92. The maximum Gasteiger partial charge on any atom is 0.417 e. The van der Waals surface area contributed by atoms with Gasteiger partial charge in [0, 0.05) is 62.0 Å². The van der Waals surface area contributed by atoms with E-state index in [4.69, 9.17) is 10.5 Å². The number of aromatic nitrogens is 2. The van der Waals surface area contributed by atoms with Crippen LogP contribution in [0.2, 0.25) is 0 Å². The minimum absolute atomic E-state index is 0.0186. The van der Waals surface area contributed by atoms with Gasteiger partial charge in [0.25, 0.3) is 0 Å². The molecule has 2 aromatic heterocycles. The molecule has 49 heavy (non-hydrogen) atoms. The van der Waals surface area contributed by atoms with Gasteiger partial charge in [0.15, 0.2) is 5.82 Å². The highest BCUT2D eigenvalue weighted by atomic mass is 32.1. The molecular formula is C33H33F6N7O2S. The van der Waals surface area contributed by atoms with Gasteiger partial charge in [-0.25, -0.2) is 13.2 Å². The molecule has 4 aromatic rings. The number of likely N-dealkylation sites (N-methyl/N-ethyl adjacent to an activating group) is 1. The number of benzene rings is 2. The number of likely N-dealkylation sites (tertiary alicyclic amines) is 1. The van der Waals surface area contributed by atoms with Crippen LogP contribution in [0, 0.1) is 23.0 Å². The maximum absolute atomic E-state index is 16.4.